The van der Waals surface area contributed by atoms with Gasteiger partial charge in [-0.3, -0.25) is 4.79 Å². The summed E-state index contributed by atoms with van der Waals surface area (Å²) in [5, 5.41) is 3.26. The fourth-order valence-corrected chi connectivity index (χ4v) is 2.57. The van der Waals surface area contributed by atoms with Crippen molar-refractivity contribution >= 4 is 28.3 Å². The molecule has 19 heavy (non-hydrogen) atoms. The first-order chi connectivity index (χ1) is 8.97. The van der Waals surface area contributed by atoms with E-state index >= 15 is 0 Å². The van der Waals surface area contributed by atoms with Crippen molar-refractivity contribution in [3.8, 4) is 0 Å². The summed E-state index contributed by atoms with van der Waals surface area (Å²) in [5.41, 5.74) is 3.32. The fourth-order valence-electron chi connectivity index (χ4n) is 2.43. The third-order valence-corrected chi connectivity index (χ3v) is 3.61. The van der Waals surface area contributed by atoms with Crippen molar-refractivity contribution in [1.82, 2.24) is 10.3 Å². The van der Waals surface area contributed by atoms with Crippen LogP contribution in [-0.4, -0.2) is 24.5 Å². The van der Waals surface area contributed by atoms with Crippen molar-refractivity contribution in [2.75, 3.05) is 13.7 Å². The molecule has 1 aromatic rings. The molecule has 1 atom stereocenters. The lowest BCUT2D eigenvalue weighted by molar-refractivity contribution is -0.122. The van der Waals surface area contributed by atoms with Gasteiger partial charge in [0.05, 0.1) is 23.8 Å². The van der Waals surface area contributed by atoms with Gasteiger partial charge in [-0.2, -0.15) is 0 Å². The number of ether oxygens (including phenoxy) is 1. The first kappa shape index (κ1) is 13.7. The van der Waals surface area contributed by atoms with E-state index in [4.69, 9.17) is 16.3 Å². The molecule has 0 spiro atoms. The van der Waals surface area contributed by atoms with E-state index in [-0.39, 0.29) is 11.8 Å². The van der Waals surface area contributed by atoms with Crippen LogP contribution in [0.5, 0.6) is 0 Å². The van der Waals surface area contributed by atoms with Crippen LogP contribution in [0.3, 0.4) is 0 Å². The first-order valence-corrected chi connectivity index (χ1v) is 6.45. The molecule has 0 aliphatic carbocycles. The molecule has 2 rings (SSSR count). The molecule has 4 nitrogen and oxygen atoms in total. The number of nitrogens with one attached hydrogen (secondary N) is 2. The maximum atomic E-state index is 12.0. The second kappa shape index (κ2) is 5.13. The predicted octanol–water partition coefficient (Wildman–Crippen LogP) is 2.62. The molecule has 1 aliphatic rings. The maximum Gasteiger partial charge on any atom is 0.227 e. The molecule has 0 unspecified atom stereocenters. The molecular formula is C14H17ClN2O2. The molecule has 0 saturated carbocycles. The zero-order valence-corrected chi connectivity index (χ0v) is 11.9. The number of aromatic amines is 1. The van der Waals surface area contributed by atoms with Gasteiger partial charge in [-0.05, 0) is 12.5 Å². The standard InChI is InChI=1S/C14H17ClN2O2/c1-7-11-10(5-6-16-14(7)18)17-13(8(2)15)12(11)9(3)19-4/h7,17H,2-3,5-6H2,1,4H3,(H,16,18)/t7-/m1/s1. The van der Waals surface area contributed by atoms with Crippen LogP contribution in [0.2, 0.25) is 0 Å². The molecule has 0 radical (unpaired) electrons. The number of fused-ring (bicyclic) bond motifs is 1. The van der Waals surface area contributed by atoms with Gasteiger partial charge < -0.3 is 15.0 Å². The Balaban J connectivity index is 2.68. The lowest BCUT2D eigenvalue weighted by Gasteiger charge is -2.13. The SMILES string of the molecule is C=C(Cl)c1[nH]c2c(c1C(=C)OC)[C@@H](C)C(=O)NCC2. The molecule has 0 aromatic carbocycles. The van der Waals surface area contributed by atoms with Crippen LogP contribution in [-0.2, 0) is 16.0 Å². The molecule has 0 bridgehead atoms. The molecule has 1 aromatic heterocycles. The van der Waals surface area contributed by atoms with Crippen LogP contribution in [0.25, 0.3) is 10.8 Å². The Bertz CT molecular complexity index is 560. The van der Waals surface area contributed by atoms with E-state index in [1.165, 1.54) is 0 Å². The molecule has 5 heteroatoms. The Morgan fingerprint density at radius 3 is 2.74 bits per heavy atom. The normalized spacial score (nSPS) is 18.3. The van der Waals surface area contributed by atoms with Crippen molar-refractivity contribution in [1.29, 1.82) is 0 Å². The van der Waals surface area contributed by atoms with Gasteiger partial charge in [0, 0.05) is 24.2 Å². The van der Waals surface area contributed by atoms with Crippen molar-refractivity contribution < 1.29 is 9.53 Å². The minimum absolute atomic E-state index is 0.00497. The van der Waals surface area contributed by atoms with Gasteiger partial charge in [0.2, 0.25) is 5.91 Å². The van der Waals surface area contributed by atoms with Gasteiger partial charge >= 0.3 is 0 Å². The molecule has 2 heterocycles. The average molecular weight is 281 g/mol. The van der Waals surface area contributed by atoms with Gasteiger partial charge in [-0.25, -0.2) is 0 Å². The Morgan fingerprint density at radius 1 is 1.47 bits per heavy atom. The largest absolute Gasteiger partial charge is 0.497 e. The van der Waals surface area contributed by atoms with Crippen molar-refractivity contribution in [2.45, 2.75) is 19.3 Å². The van der Waals surface area contributed by atoms with Crippen LogP contribution < -0.4 is 5.32 Å². The lowest BCUT2D eigenvalue weighted by atomic mass is 9.94. The predicted molar refractivity (Wildman–Crippen MR) is 76.9 cm³/mol. The number of amides is 1. The summed E-state index contributed by atoms with van der Waals surface area (Å²) in [7, 11) is 1.55. The summed E-state index contributed by atoms with van der Waals surface area (Å²) < 4.78 is 5.23. The Morgan fingerprint density at radius 2 is 2.16 bits per heavy atom. The van der Waals surface area contributed by atoms with Crippen molar-refractivity contribution in [2.24, 2.45) is 0 Å². The number of hydrogen-bond donors (Lipinski definition) is 2. The summed E-state index contributed by atoms with van der Waals surface area (Å²) in [4.78, 5) is 15.2. The average Bonchev–Trinajstić information content (AvgIpc) is 2.70. The summed E-state index contributed by atoms with van der Waals surface area (Å²) in [6.07, 6.45) is 0.722. The number of carbonyl (C=O) groups excluding carboxylic acids is 1. The Labute approximate surface area is 117 Å². The van der Waals surface area contributed by atoms with E-state index in [2.05, 4.69) is 23.5 Å². The molecular weight excluding hydrogens is 264 g/mol. The molecule has 0 fully saturated rings. The highest BCUT2D eigenvalue weighted by atomic mass is 35.5. The third-order valence-electron chi connectivity index (χ3n) is 3.42. The smallest absolute Gasteiger partial charge is 0.227 e. The summed E-state index contributed by atoms with van der Waals surface area (Å²) in [5.74, 6) is 0.200. The quantitative estimate of drug-likeness (QED) is 0.836. The topological polar surface area (TPSA) is 54.1 Å². The first-order valence-electron chi connectivity index (χ1n) is 6.07. The Hall–Kier alpha value is -1.68. The van der Waals surface area contributed by atoms with E-state index in [1.807, 2.05) is 6.92 Å². The molecule has 0 saturated heterocycles. The van der Waals surface area contributed by atoms with E-state index in [1.54, 1.807) is 7.11 Å². The van der Waals surface area contributed by atoms with Gasteiger partial charge in [-0.15, -0.1) is 0 Å². The minimum Gasteiger partial charge on any atom is -0.497 e. The Kier molecular flexibility index (Phi) is 3.71. The summed E-state index contributed by atoms with van der Waals surface area (Å²) in [6.45, 7) is 10.1. The van der Waals surface area contributed by atoms with Gasteiger partial charge in [0.25, 0.3) is 0 Å². The number of carbonyl (C=O) groups is 1. The number of aromatic nitrogens is 1. The second-order valence-corrected chi connectivity index (χ2v) is 5.02. The van der Waals surface area contributed by atoms with E-state index in [9.17, 15) is 4.79 Å². The van der Waals surface area contributed by atoms with Crippen LogP contribution >= 0.6 is 11.6 Å². The fraction of sp³-hybridized carbons (Fsp3) is 0.357. The highest BCUT2D eigenvalue weighted by Gasteiger charge is 2.30. The highest BCUT2D eigenvalue weighted by molar-refractivity contribution is 6.48. The van der Waals surface area contributed by atoms with Crippen molar-refractivity contribution in [3.63, 3.8) is 0 Å². The molecule has 1 aliphatic heterocycles. The number of methoxy groups -OCH3 is 1. The van der Waals surface area contributed by atoms with Gasteiger partial charge in [0.1, 0.15) is 5.76 Å². The third kappa shape index (κ3) is 2.28. The molecule has 2 N–H and O–H groups in total. The maximum absolute atomic E-state index is 12.0. The van der Waals surface area contributed by atoms with E-state index in [0.717, 1.165) is 23.2 Å². The number of H-pyrrole nitrogens is 1. The zero-order chi connectivity index (χ0) is 14.2. The van der Waals surface area contributed by atoms with E-state index in [0.29, 0.717) is 23.0 Å². The van der Waals surface area contributed by atoms with Crippen molar-refractivity contribution in [3.05, 3.63) is 35.7 Å². The summed E-state index contributed by atoms with van der Waals surface area (Å²) >= 11 is 6.03. The zero-order valence-electron chi connectivity index (χ0n) is 11.1. The highest BCUT2D eigenvalue weighted by Crippen LogP contribution is 2.37. The van der Waals surface area contributed by atoms with Crippen LogP contribution in [0.4, 0.5) is 0 Å². The number of halogens is 1. The van der Waals surface area contributed by atoms with Crippen LogP contribution in [0.1, 0.15) is 35.4 Å². The minimum atomic E-state index is -0.277. The summed E-state index contributed by atoms with van der Waals surface area (Å²) in [6, 6.07) is 0. The number of rotatable bonds is 3. The lowest BCUT2D eigenvalue weighted by Crippen LogP contribution is -2.27. The number of hydrogen-bond acceptors (Lipinski definition) is 2. The monoisotopic (exact) mass is 280 g/mol. The van der Waals surface area contributed by atoms with Gasteiger partial charge in [0.15, 0.2) is 0 Å². The van der Waals surface area contributed by atoms with E-state index < -0.39 is 0 Å². The second-order valence-electron chi connectivity index (χ2n) is 4.56. The van der Waals surface area contributed by atoms with Crippen LogP contribution in [0, 0.1) is 0 Å². The molecule has 1 amide bonds. The van der Waals surface area contributed by atoms with Gasteiger partial charge in [-0.1, -0.05) is 24.8 Å². The van der Waals surface area contributed by atoms with Crippen LogP contribution in [0.15, 0.2) is 13.2 Å². The molecule has 102 valence electrons.